The van der Waals surface area contributed by atoms with Crippen LogP contribution in [-0.4, -0.2) is 35.4 Å². The highest BCUT2D eigenvalue weighted by atomic mass is 35.5. The maximum Gasteiger partial charge on any atom is 0.255 e. The molecule has 2 aromatic rings. The molecule has 4 nitrogen and oxygen atoms in total. The second-order valence-electron chi connectivity index (χ2n) is 5.89. The minimum absolute atomic E-state index is 0.00435. The SMILES string of the molecule is Cc1ncsc1CN(C[C@H]1CCNC1)C(=O)c1ccccc1Cl. The molecule has 1 saturated heterocycles. The lowest BCUT2D eigenvalue weighted by Crippen LogP contribution is -2.35. The van der Waals surface area contributed by atoms with Gasteiger partial charge in [-0.25, -0.2) is 4.98 Å². The Kier molecular flexibility index (Phi) is 5.30. The molecule has 1 aliphatic heterocycles. The monoisotopic (exact) mass is 349 g/mol. The van der Waals surface area contributed by atoms with E-state index in [4.69, 9.17) is 11.6 Å². The summed E-state index contributed by atoms with van der Waals surface area (Å²) in [5.74, 6) is 0.491. The largest absolute Gasteiger partial charge is 0.333 e. The number of nitrogens with one attached hydrogen (secondary N) is 1. The van der Waals surface area contributed by atoms with Gasteiger partial charge in [-0.1, -0.05) is 23.7 Å². The van der Waals surface area contributed by atoms with Crippen LogP contribution in [0.4, 0.5) is 0 Å². The number of carbonyl (C=O) groups excluding carboxylic acids is 1. The summed E-state index contributed by atoms with van der Waals surface area (Å²) < 4.78 is 0. The third-order valence-corrected chi connectivity index (χ3v) is 5.46. The third-order valence-electron chi connectivity index (χ3n) is 4.21. The molecule has 0 saturated carbocycles. The predicted molar refractivity (Wildman–Crippen MR) is 94.0 cm³/mol. The average molecular weight is 350 g/mol. The molecule has 1 aliphatic rings. The molecule has 6 heteroatoms. The van der Waals surface area contributed by atoms with Crippen molar-refractivity contribution < 1.29 is 4.79 Å². The van der Waals surface area contributed by atoms with E-state index in [0.717, 1.165) is 36.6 Å². The highest BCUT2D eigenvalue weighted by molar-refractivity contribution is 7.09. The number of hydrogen-bond donors (Lipinski definition) is 1. The first kappa shape index (κ1) is 16.4. The highest BCUT2D eigenvalue weighted by Gasteiger charge is 2.24. The standard InChI is InChI=1S/C17H20ClN3OS/c1-12-16(23-11-20-12)10-21(9-13-6-7-19-8-13)17(22)14-4-2-3-5-15(14)18/h2-5,11,13,19H,6-10H2,1H3/t13-/m0/s1. The molecule has 1 amide bonds. The van der Waals surface area contributed by atoms with Crippen LogP contribution in [0.5, 0.6) is 0 Å². The van der Waals surface area contributed by atoms with Gasteiger partial charge in [0.1, 0.15) is 0 Å². The fourth-order valence-corrected chi connectivity index (χ4v) is 3.87. The van der Waals surface area contributed by atoms with Crippen molar-refractivity contribution in [3.63, 3.8) is 0 Å². The average Bonchev–Trinajstić information content (AvgIpc) is 3.19. The summed E-state index contributed by atoms with van der Waals surface area (Å²) in [5.41, 5.74) is 3.40. The van der Waals surface area contributed by atoms with Gasteiger partial charge in [-0.3, -0.25) is 4.79 Å². The molecule has 1 aromatic carbocycles. The summed E-state index contributed by atoms with van der Waals surface area (Å²) in [6, 6.07) is 7.26. The lowest BCUT2D eigenvalue weighted by Gasteiger charge is -2.25. The van der Waals surface area contributed by atoms with E-state index in [0.29, 0.717) is 23.0 Å². The van der Waals surface area contributed by atoms with E-state index in [2.05, 4.69) is 10.3 Å². The molecule has 0 aliphatic carbocycles. The van der Waals surface area contributed by atoms with E-state index < -0.39 is 0 Å². The quantitative estimate of drug-likeness (QED) is 0.900. The molecule has 2 heterocycles. The second-order valence-corrected chi connectivity index (χ2v) is 7.23. The number of benzene rings is 1. The number of aromatic nitrogens is 1. The molecule has 0 spiro atoms. The van der Waals surface area contributed by atoms with Gasteiger partial charge >= 0.3 is 0 Å². The lowest BCUT2D eigenvalue weighted by molar-refractivity contribution is 0.0720. The van der Waals surface area contributed by atoms with E-state index in [1.54, 1.807) is 23.5 Å². The smallest absolute Gasteiger partial charge is 0.255 e. The van der Waals surface area contributed by atoms with Gasteiger partial charge < -0.3 is 10.2 Å². The third kappa shape index (κ3) is 3.91. The molecule has 1 aromatic heterocycles. The van der Waals surface area contributed by atoms with Gasteiger partial charge in [-0.2, -0.15) is 0 Å². The zero-order valence-electron chi connectivity index (χ0n) is 13.1. The topological polar surface area (TPSA) is 45.2 Å². The predicted octanol–water partition coefficient (Wildman–Crippen LogP) is 3.36. The zero-order chi connectivity index (χ0) is 16.2. The Morgan fingerprint density at radius 3 is 2.96 bits per heavy atom. The summed E-state index contributed by atoms with van der Waals surface area (Å²) in [4.78, 5) is 20.3. The van der Waals surface area contributed by atoms with Crippen molar-refractivity contribution in [2.24, 2.45) is 5.92 Å². The molecule has 122 valence electrons. The van der Waals surface area contributed by atoms with Crippen LogP contribution in [0.1, 0.15) is 27.3 Å². The van der Waals surface area contributed by atoms with Gasteiger partial charge in [0, 0.05) is 11.4 Å². The van der Waals surface area contributed by atoms with Crippen molar-refractivity contribution in [1.29, 1.82) is 0 Å². The van der Waals surface area contributed by atoms with Crippen molar-refractivity contribution in [2.75, 3.05) is 19.6 Å². The Morgan fingerprint density at radius 2 is 2.30 bits per heavy atom. The lowest BCUT2D eigenvalue weighted by atomic mass is 10.1. The highest BCUT2D eigenvalue weighted by Crippen LogP contribution is 2.22. The van der Waals surface area contributed by atoms with Gasteiger partial charge in [-0.15, -0.1) is 11.3 Å². The molecule has 0 unspecified atom stereocenters. The summed E-state index contributed by atoms with van der Waals surface area (Å²) in [6.45, 7) is 5.32. The molecular formula is C17H20ClN3OS. The number of aryl methyl sites for hydroxylation is 1. The van der Waals surface area contributed by atoms with E-state index >= 15 is 0 Å². The van der Waals surface area contributed by atoms with Crippen LogP contribution in [0.25, 0.3) is 0 Å². The van der Waals surface area contributed by atoms with Gasteiger partial charge in [0.25, 0.3) is 5.91 Å². The van der Waals surface area contributed by atoms with Gasteiger partial charge in [0.15, 0.2) is 0 Å². The number of carbonyl (C=O) groups is 1. The fraction of sp³-hybridized carbons (Fsp3) is 0.412. The zero-order valence-corrected chi connectivity index (χ0v) is 14.7. The van der Waals surface area contributed by atoms with E-state index in [9.17, 15) is 4.79 Å². The number of amides is 1. The first-order valence-electron chi connectivity index (χ1n) is 7.78. The summed E-state index contributed by atoms with van der Waals surface area (Å²) in [6.07, 6.45) is 1.11. The van der Waals surface area contributed by atoms with Crippen molar-refractivity contribution in [3.05, 3.63) is 50.9 Å². The van der Waals surface area contributed by atoms with Crippen molar-refractivity contribution in [2.45, 2.75) is 19.9 Å². The molecule has 0 bridgehead atoms. The normalized spacial score (nSPS) is 17.4. The van der Waals surface area contributed by atoms with Gasteiger partial charge in [0.05, 0.1) is 28.3 Å². The van der Waals surface area contributed by atoms with Crippen molar-refractivity contribution in [3.8, 4) is 0 Å². The first-order chi connectivity index (χ1) is 11.1. The van der Waals surface area contributed by atoms with Crippen LogP contribution in [0.3, 0.4) is 0 Å². The number of rotatable bonds is 5. The van der Waals surface area contributed by atoms with Crippen LogP contribution >= 0.6 is 22.9 Å². The molecule has 3 rings (SSSR count). The maximum absolute atomic E-state index is 13.0. The molecule has 23 heavy (non-hydrogen) atoms. The molecule has 1 N–H and O–H groups in total. The van der Waals surface area contributed by atoms with Crippen molar-refractivity contribution in [1.82, 2.24) is 15.2 Å². The molecular weight excluding hydrogens is 330 g/mol. The Bertz CT molecular complexity index is 682. The first-order valence-corrected chi connectivity index (χ1v) is 9.04. The molecule has 0 radical (unpaired) electrons. The van der Waals surface area contributed by atoms with E-state index in [1.807, 2.05) is 29.5 Å². The summed E-state index contributed by atoms with van der Waals surface area (Å²) >= 11 is 7.82. The van der Waals surface area contributed by atoms with Gasteiger partial charge in [0.2, 0.25) is 0 Å². The number of thiazole rings is 1. The maximum atomic E-state index is 13.0. The van der Waals surface area contributed by atoms with Crippen molar-refractivity contribution >= 4 is 28.8 Å². The van der Waals surface area contributed by atoms with Crippen LogP contribution in [0.15, 0.2) is 29.8 Å². The Hall–Kier alpha value is -1.43. The second kappa shape index (κ2) is 7.43. The Balaban J connectivity index is 1.83. The fourth-order valence-electron chi connectivity index (χ4n) is 2.86. The minimum atomic E-state index is -0.00435. The Morgan fingerprint density at radius 1 is 1.48 bits per heavy atom. The number of hydrogen-bond acceptors (Lipinski definition) is 4. The van der Waals surface area contributed by atoms with Crippen LogP contribution < -0.4 is 5.32 Å². The molecule has 1 fully saturated rings. The number of nitrogens with zero attached hydrogens (tertiary/aromatic N) is 2. The van der Waals surface area contributed by atoms with Gasteiger partial charge in [-0.05, 0) is 44.5 Å². The van der Waals surface area contributed by atoms with Crippen LogP contribution in [0.2, 0.25) is 5.02 Å². The number of halogens is 1. The van der Waals surface area contributed by atoms with Crippen LogP contribution in [0, 0.1) is 12.8 Å². The summed E-state index contributed by atoms with van der Waals surface area (Å²) in [5, 5.41) is 3.87. The summed E-state index contributed by atoms with van der Waals surface area (Å²) in [7, 11) is 0. The van der Waals surface area contributed by atoms with E-state index in [-0.39, 0.29) is 5.91 Å². The van der Waals surface area contributed by atoms with Crippen LogP contribution in [-0.2, 0) is 6.54 Å². The molecule has 1 atom stereocenters. The van der Waals surface area contributed by atoms with E-state index in [1.165, 1.54) is 0 Å². The minimum Gasteiger partial charge on any atom is -0.333 e. The Labute approximate surface area is 145 Å².